The van der Waals surface area contributed by atoms with Crippen molar-refractivity contribution in [3.8, 4) is 11.4 Å². The quantitative estimate of drug-likeness (QED) is 0.331. The van der Waals surface area contributed by atoms with E-state index in [0.717, 1.165) is 28.8 Å². The number of ether oxygens (including phenoxy) is 1. The Hall–Kier alpha value is -3.60. The highest BCUT2D eigenvalue weighted by Crippen LogP contribution is 2.31. The molecule has 38 heavy (non-hydrogen) atoms. The Morgan fingerprint density at radius 1 is 1.18 bits per heavy atom. The maximum atomic E-state index is 13.9. The van der Waals surface area contributed by atoms with Crippen LogP contribution in [0.25, 0.3) is 11.4 Å². The van der Waals surface area contributed by atoms with Gasteiger partial charge >= 0.3 is 0 Å². The summed E-state index contributed by atoms with van der Waals surface area (Å²) < 4.78 is 5.68. The molecule has 11 heteroatoms. The standard InChI is InChI=1S/C27H27ClN6O3S/c1-18-6-12-21(13-7-18)34(24(35)17-33-31-26(30-32-33)19-8-10-20(28)11-9-19)25(23-5-3-15-38-23)27(36)29-16-22-4-2-14-37-22/h3,5-13,15,22,25H,2,4,14,16-17H2,1H3,(H,29,36)/t22-,25-/m0/s1. The molecule has 2 aromatic carbocycles. The highest BCUT2D eigenvalue weighted by molar-refractivity contribution is 7.10. The molecule has 0 bridgehead atoms. The smallest absolute Gasteiger partial charge is 0.251 e. The number of nitrogens with zero attached hydrogens (tertiary/aromatic N) is 5. The lowest BCUT2D eigenvalue weighted by Crippen LogP contribution is -2.46. The number of rotatable bonds is 9. The average Bonchev–Trinajstić information content (AvgIpc) is 3.71. The molecule has 1 fully saturated rings. The van der Waals surface area contributed by atoms with E-state index < -0.39 is 6.04 Å². The van der Waals surface area contributed by atoms with E-state index in [4.69, 9.17) is 16.3 Å². The Morgan fingerprint density at radius 3 is 2.66 bits per heavy atom. The van der Waals surface area contributed by atoms with E-state index in [1.165, 1.54) is 21.0 Å². The normalized spacial score (nSPS) is 15.8. The minimum Gasteiger partial charge on any atom is -0.376 e. The molecule has 196 valence electrons. The largest absolute Gasteiger partial charge is 0.376 e. The van der Waals surface area contributed by atoms with E-state index in [9.17, 15) is 9.59 Å². The molecule has 0 saturated carbocycles. The maximum absolute atomic E-state index is 13.9. The average molecular weight is 551 g/mol. The van der Waals surface area contributed by atoms with Crippen LogP contribution in [-0.2, 0) is 20.9 Å². The van der Waals surface area contributed by atoms with Crippen LogP contribution in [0, 0.1) is 6.92 Å². The summed E-state index contributed by atoms with van der Waals surface area (Å²) in [5.74, 6) is -0.245. The Bertz CT molecular complexity index is 1370. The fourth-order valence-electron chi connectivity index (χ4n) is 4.30. The van der Waals surface area contributed by atoms with Gasteiger partial charge in [0.15, 0.2) is 0 Å². The fourth-order valence-corrected chi connectivity index (χ4v) is 5.24. The number of hydrogen-bond donors (Lipinski definition) is 1. The number of hydrogen-bond acceptors (Lipinski definition) is 7. The van der Waals surface area contributed by atoms with Crippen LogP contribution in [0.2, 0.25) is 5.02 Å². The van der Waals surface area contributed by atoms with Crippen molar-refractivity contribution in [3.05, 3.63) is 81.5 Å². The lowest BCUT2D eigenvalue weighted by Gasteiger charge is -2.31. The second-order valence-electron chi connectivity index (χ2n) is 9.05. The molecule has 2 amide bonds. The summed E-state index contributed by atoms with van der Waals surface area (Å²) in [7, 11) is 0. The third-order valence-electron chi connectivity index (χ3n) is 6.26. The van der Waals surface area contributed by atoms with Crippen LogP contribution in [0.4, 0.5) is 5.69 Å². The molecule has 0 aliphatic carbocycles. The summed E-state index contributed by atoms with van der Waals surface area (Å²) >= 11 is 7.40. The topological polar surface area (TPSA) is 102 Å². The van der Waals surface area contributed by atoms with Crippen molar-refractivity contribution in [1.82, 2.24) is 25.5 Å². The molecule has 9 nitrogen and oxygen atoms in total. The highest BCUT2D eigenvalue weighted by Gasteiger charge is 2.34. The van der Waals surface area contributed by atoms with E-state index in [-0.39, 0.29) is 24.5 Å². The van der Waals surface area contributed by atoms with Crippen molar-refractivity contribution in [1.29, 1.82) is 0 Å². The van der Waals surface area contributed by atoms with Crippen LogP contribution < -0.4 is 10.2 Å². The van der Waals surface area contributed by atoms with E-state index >= 15 is 0 Å². The van der Waals surface area contributed by atoms with Gasteiger partial charge < -0.3 is 10.1 Å². The van der Waals surface area contributed by atoms with Gasteiger partial charge in [0.1, 0.15) is 12.6 Å². The van der Waals surface area contributed by atoms with Crippen molar-refractivity contribution in [2.75, 3.05) is 18.1 Å². The van der Waals surface area contributed by atoms with Crippen LogP contribution in [0.5, 0.6) is 0 Å². The number of amides is 2. The van der Waals surface area contributed by atoms with Gasteiger partial charge in [-0.1, -0.05) is 35.4 Å². The van der Waals surface area contributed by atoms with Gasteiger partial charge in [0, 0.05) is 34.3 Å². The second-order valence-corrected chi connectivity index (χ2v) is 10.5. The first-order valence-corrected chi connectivity index (χ1v) is 13.6. The predicted octanol–water partition coefficient (Wildman–Crippen LogP) is 4.43. The first kappa shape index (κ1) is 26.0. The Kier molecular flexibility index (Phi) is 8.11. The first-order valence-electron chi connectivity index (χ1n) is 12.3. The summed E-state index contributed by atoms with van der Waals surface area (Å²) in [6, 6.07) is 17.4. The molecule has 5 rings (SSSR count). The number of tetrazole rings is 1. The Morgan fingerprint density at radius 2 is 1.97 bits per heavy atom. The Labute approximate surface area is 229 Å². The zero-order valence-corrected chi connectivity index (χ0v) is 22.4. The molecule has 2 aromatic heterocycles. The first-order chi connectivity index (χ1) is 18.5. The fraction of sp³-hybridized carbons (Fsp3) is 0.296. The van der Waals surface area contributed by atoms with Crippen LogP contribution in [0.3, 0.4) is 0 Å². The lowest BCUT2D eigenvalue weighted by atomic mass is 10.1. The van der Waals surface area contributed by atoms with Crippen LogP contribution in [0.15, 0.2) is 66.0 Å². The number of carbonyl (C=O) groups excluding carboxylic acids is 2. The van der Waals surface area contributed by atoms with Gasteiger partial charge in [-0.3, -0.25) is 14.5 Å². The van der Waals surface area contributed by atoms with Crippen LogP contribution >= 0.6 is 22.9 Å². The minimum absolute atomic E-state index is 0.0166. The molecule has 2 atom stereocenters. The summed E-state index contributed by atoms with van der Waals surface area (Å²) in [6.07, 6.45) is 1.86. The molecular formula is C27H27ClN6O3S. The molecule has 0 radical (unpaired) electrons. The highest BCUT2D eigenvalue weighted by atomic mass is 35.5. The molecule has 1 aliphatic heterocycles. The molecule has 1 aliphatic rings. The third kappa shape index (κ3) is 6.09. The van der Waals surface area contributed by atoms with E-state index in [2.05, 4.69) is 20.7 Å². The number of aromatic nitrogens is 4. The third-order valence-corrected chi connectivity index (χ3v) is 7.44. The van der Waals surface area contributed by atoms with Gasteiger partial charge in [-0.2, -0.15) is 4.80 Å². The van der Waals surface area contributed by atoms with Gasteiger partial charge in [-0.25, -0.2) is 0 Å². The number of thiophene rings is 1. The number of carbonyl (C=O) groups is 2. The minimum atomic E-state index is -0.870. The maximum Gasteiger partial charge on any atom is 0.251 e. The van der Waals surface area contributed by atoms with E-state index in [0.29, 0.717) is 29.7 Å². The Balaban J connectivity index is 1.43. The zero-order valence-electron chi connectivity index (χ0n) is 20.8. The van der Waals surface area contributed by atoms with Gasteiger partial charge in [-0.15, -0.1) is 21.5 Å². The number of halogens is 1. The van der Waals surface area contributed by atoms with Crippen molar-refractivity contribution in [2.24, 2.45) is 0 Å². The van der Waals surface area contributed by atoms with Crippen molar-refractivity contribution < 1.29 is 14.3 Å². The van der Waals surface area contributed by atoms with E-state index in [1.54, 1.807) is 24.3 Å². The summed E-state index contributed by atoms with van der Waals surface area (Å²) in [5, 5.41) is 18.1. The summed E-state index contributed by atoms with van der Waals surface area (Å²) in [4.78, 5) is 31.0. The van der Waals surface area contributed by atoms with Gasteiger partial charge in [0.05, 0.1) is 6.10 Å². The SMILES string of the molecule is Cc1ccc(N(C(=O)Cn2nnc(-c3ccc(Cl)cc3)n2)[C@H](C(=O)NC[C@@H]2CCCO2)c2cccs2)cc1. The molecule has 1 saturated heterocycles. The second kappa shape index (κ2) is 11.8. The number of aryl methyl sites for hydroxylation is 1. The lowest BCUT2D eigenvalue weighted by molar-refractivity contribution is -0.127. The van der Waals surface area contributed by atoms with Gasteiger partial charge in [-0.05, 0) is 72.8 Å². The number of benzene rings is 2. The molecule has 0 spiro atoms. The molecular weight excluding hydrogens is 524 g/mol. The summed E-state index contributed by atoms with van der Waals surface area (Å²) in [5.41, 5.74) is 2.37. The van der Waals surface area contributed by atoms with Gasteiger partial charge in [0.25, 0.3) is 5.91 Å². The van der Waals surface area contributed by atoms with Gasteiger partial charge in [0.2, 0.25) is 11.7 Å². The number of nitrogens with one attached hydrogen (secondary N) is 1. The van der Waals surface area contributed by atoms with E-state index in [1.807, 2.05) is 48.7 Å². The number of anilines is 1. The van der Waals surface area contributed by atoms with Crippen molar-refractivity contribution in [2.45, 2.75) is 38.5 Å². The van der Waals surface area contributed by atoms with Crippen molar-refractivity contribution >= 4 is 40.4 Å². The molecule has 4 aromatic rings. The molecule has 3 heterocycles. The van der Waals surface area contributed by atoms with Crippen LogP contribution in [0.1, 0.15) is 29.3 Å². The summed E-state index contributed by atoms with van der Waals surface area (Å²) in [6.45, 7) is 2.87. The van der Waals surface area contributed by atoms with Crippen molar-refractivity contribution in [3.63, 3.8) is 0 Å². The predicted molar refractivity (Wildman–Crippen MR) is 146 cm³/mol. The zero-order chi connectivity index (χ0) is 26.5. The molecule has 0 unspecified atom stereocenters. The molecule has 1 N–H and O–H groups in total. The monoisotopic (exact) mass is 550 g/mol. The van der Waals surface area contributed by atoms with Crippen LogP contribution in [-0.4, -0.2) is 51.3 Å².